The summed E-state index contributed by atoms with van der Waals surface area (Å²) in [5.74, 6) is 1.74. The zero-order valence-electron chi connectivity index (χ0n) is 9.61. The Morgan fingerprint density at radius 1 is 1.60 bits per heavy atom. The minimum absolute atomic E-state index is 0.263. The molecule has 1 saturated heterocycles. The van der Waals surface area contributed by atoms with Crippen molar-refractivity contribution < 1.29 is 9.90 Å². The molecule has 1 atom stereocenters. The summed E-state index contributed by atoms with van der Waals surface area (Å²) >= 11 is 1.99. The second kappa shape index (κ2) is 6.38. The van der Waals surface area contributed by atoms with Crippen LogP contribution >= 0.6 is 11.8 Å². The lowest BCUT2D eigenvalue weighted by Crippen LogP contribution is -2.44. The summed E-state index contributed by atoms with van der Waals surface area (Å²) < 4.78 is 0. The van der Waals surface area contributed by atoms with Gasteiger partial charge in [0.25, 0.3) is 0 Å². The van der Waals surface area contributed by atoms with E-state index < -0.39 is 5.97 Å². The third-order valence-corrected chi connectivity index (χ3v) is 4.05. The first-order chi connectivity index (χ1) is 7.11. The third-order valence-electron chi connectivity index (χ3n) is 2.85. The number of carboxylic acid groups (broad SMARTS) is 1. The van der Waals surface area contributed by atoms with E-state index >= 15 is 0 Å². The molecular weight excluding hydrogens is 210 g/mol. The number of thioether (sulfide) groups is 1. The molecule has 0 amide bonds. The van der Waals surface area contributed by atoms with Gasteiger partial charge in [0.2, 0.25) is 0 Å². The average Bonchev–Trinajstić information content (AvgIpc) is 2.18. The SMILES string of the molecule is CC(C)N(CCC(=O)O)C1CCCSC1. The Balaban J connectivity index is 2.44. The Bertz CT molecular complexity index is 203. The van der Waals surface area contributed by atoms with Crippen molar-refractivity contribution in [2.24, 2.45) is 0 Å². The first-order valence-corrected chi connectivity index (χ1v) is 6.82. The topological polar surface area (TPSA) is 40.5 Å². The van der Waals surface area contributed by atoms with Crippen LogP contribution in [0.1, 0.15) is 33.1 Å². The quantitative estimate of drug-likeness (QED) is 0.786. The molecule has 0 spiro atoms. The number of hydrogen-bond acceptors (Lipinski definition) is 3. The van der Waals surface area contributed by atoms with Crippen LogP contribution in [0.4, 0.5) is 0 Å². The summed E-state index contributed by atoms with van der Waals surface area (Å²) in [6.07, 6.45) is 2.76. The maximum Gasteiger partial charge on any atom is 0.304 e. The lowest BCUT2D eigenvalue weighted by Gasteiger charge is -2.36. The van der Waals surface area contributed by atoms with Gasteiger partial charge >= 0.3 is 5.97 Å². The molecule has 1 unspecified atom stereocenters. The van der Waals surface area contributed by atoms with Crippen molar-refractivity contribution in [3.05, 3.63) is 0 Å². The molecule has 1 aliphatic rings. The van der Waals surface area contributed by atoms with Crippen LogP contribution in [0.5, 0.6) is 0 Å². The summed E-state index contributed by atoms with van der Waals surface area (Å²) in [4.78, 5) is 12.9. The van der Waals surface area contributed by atoms with E-state index in [0.29, 0.717) is 18.6 Å². The fourth-order valence-corrected chi connectivity index (χ4v) is 3.24. The molecular formula is C11H21NO2S. The van der Waals surface area contributed by atoms with E-state index in [1.54, 1.807) is 0 Å². The average molecular weight is 231 g/mol. The van der Waals surface area contributed by atoms with Crippen LogP contribution in [-0.4, -0.2) is 46.1 Å². The van der Waals surface area contributed by atoms with Crippen molar-refractivity contribution >= 4 is 17.7 Å². The van der Waals surface area contributed by atoms with Crippen molar-refractivity contribution in [2.45, 2.75) is 45.2 Å². The summed E-state index contributed by atoms with van der Waals surface area (Å²) in [7, 11) is 0. The summed E-state index contributed by atoms with van der Waals surface area (Å²) in [6.45, 7) is 5.00. The van der Waals surface area contributed by atoms with Crippen LogP contribution in [0.15, 0.2) is 0 Å². The van der Waals surface area contributed by atoms with E-state index in [2.05, 4.69) is 18.7 Å². The Labute approximate surface area is 96.2 Å². The fraction of sp³-hybridized carbons (Fsp3) is 0.909. The molecule has 1 N–H and O–H groups in total. The predicted molar refractivity (Wildman–Crippen MR) is 64.4 cm³/mol. The maximum atomic E-state index is 10.6. The molecule has 3 nitrogen and oxygen atoms in total. The zero-order chi connectivity index (χ0) is 11.3. The molecule has 1 fully saturated rings. The molecule has 1 heterocycles. The van der Waals surface area contributed by atoms with Crippen LogP contribution in [0, 0.1) is 0 Å². The molecule has 4 heteroatoms. The lowest BCUT2D eigenvalue weighted by molar-refractivity contribution is -0.137. The van der Waals surface area contributed by atoms with Gasteiger partial charge in [0.15, 0.2) is 0 Å². The first kappa shape index (κ1) is 12.8. The molecule has 0 aliphatic carbocycles. The molecule has 1 rings (SSSR count). The summed E-state index contributed by atoms with van der Waals surface area (Å²) in [6, 6.07) is 1.04. The molecule has 0 saturated carbocycles. The molecule has 0 bridgehead atoms. The Hall–Kier alpha value is -0.220. The highest BCUT2D eigenvalue weighted by Crippen LogP contribution is 2.23. The number of carbonyl (C=O) groups is 1. The number of nitrogens with zero attached hydrogens (tertiary/aromatic N) is 1. The molecule has 0 radical (unpaired) electrons. The Morgan fingerprint density at radius 3 is 2.80 bits per heavy atom. The molecule has 0 aromatic carbocycles. The normalized spacial score (nSPS) is 22.3. The molecule has 88 valence electrons. The van der Waals surface area contributed by atoms with Gasteiger partial charge in [-0.05, 0) is 32.4 Å². The minimum atomic E-state index is -0.691. The second-order valence-corrected chi connectivity index (χ2v) is 5.50. The molecule has 15 heavy (non-hydrogen) atoms. The number of rotatable bonds is 5. The maximum absolute atomic E-state index is 10.6. The van der Waals surface area contributed by atoms with Crippen LogP contribution in [-0.2, 0) is 4.79 Å². The van der Waals surface area contributed by atoms with Gasteiger partial charge in [-0.2, -0.15) is 11.8 Å². The van der Waals surface area contributed by atoms with Crippen LogP contribution in [0.3, 0.4) is 0 Å². The van der Waals surface area contributed by atoms with E-state index in [1.165, 1.54) is 18.6 Å². The monoisotopic (exact) mass is 231 g/mol. The van der Waals surface area contributed by atoms with Crippen LogP contribution < -0.4 is 0 Å². The van der Waals surface area contributed by atoms with Gasteiger partial charge < -0.3 is 5.11 Å². The highest BCUT2D eigenvalue weighted by molar-refractivity contribution is 7.99. The molecule has 0 aromatic rings. The van der Waals surface area contributed by atoms with Crippen molar-refractivity contribution in [1.29, 1.82) is 0 Å². The van der Waals surface area contributed by atoms with Gasteiger partial charge in [-0.25, -0.2) is 0 Å². The van der Waals surface area contributed by atoms with Gasteiger partial charge in [-0.15, -0.1) is 0 Å². The van der Waals surface area contributed by atoms with Gasteiger partial charge in [0, 0.05) is 24.4 Å². The predicted octanol–water partition coefficient (Wildman–Crippen LogP) is 2.07. The summed E-state index contributed by atoms with van der Waals surface area (Å²) in [5, 5.41) is 8.71. The van der Waals surface area contributed by atoms with Gasteiger partial charge in [0.1, 0.15) is 0 Å². The van der Waals surface area contributed by atoms with Crippen molar-refractivity contribution in [1.82, 2.24) is 4.90 Å². The van der Waals surface area contributed by atoms with Gasteiger partial charge in [-0.1, -0.05) is 0 Å². The van der Waals surface area contributed by atoms with Gasteiger partial charge in [-0.3, -0.25) is 9.69 Å². The van der Waals surface area contributed by atoms with E-state index in [9.17, 15) is 4.79 Å². The minimum Gasteiger partial charge on any atom is -0.481 e. The highest BCUT2D eigenvalue weighted by atomic mass is 32.2. The van der Waals surface area contributed by atoms with Crippen molar-refractivity contribution in [3.8, 4) is 0 Å². The van der Waals surface area contributed by atoms with Gasteiger partial charge in [0.05, 0.1) is 6.42 Å². The highest BCUT2D eigenvalue weighted by Gasteiger charge is 2.23. The van der Waals surface area contributed by atoms with Crippen molar-refractivity contribution in [3.63, 3.8) is 0 Å². The van der Waals surface area contributed by atoms with Crippen LogP contribution in [0.2, 0.25) is 0 Å². The van der Waals surface area contributed by atoms with E-state index in [4.69, 9.17) is 5.11 Å². The standard InChI is InChI=1S/C11H21NO2S/c1-9(2)12(6-5-11(13)14)10-4-3-7-15-8-10/h9-10H,3-8H2,1-2H3,(H,13,14). The number of aliphatic carboxylic acids is 1. The zero-order valence-corrected chi connectivity index (χ0v) is 10.4. The molecule has 0 aromatic heterocycles. The van der Waals surface area contributed by atoms with E-state index in [1.807, 2.05) is 11.8 Å². The number of hydrogen-bond donors (Lipinski definition) is 1. The van der Waals surface area contributed by atoms with Crippen LogP contribution in [0.25, 0.3) is 0 Å². The van der Waals surface area contributed by atoms with E-state index in [-0.39, 0.29) is 6.42 Å². The molecule has 1 aliphatic heterocycles. The van der Waals surface area contributed by atoms with E-state index in [0.717, 1.165) is 5.75 Å². The third kappa shape index (κ3) is 4.43. The number of carboxylic acids is 1. The summed E-state index contributed by atoms with van der Waals surface area (Å²) in [5.41, 5.74) is 0. The smallest absolute Gasteiger partial charge is 0.304 e. The fourth-order valence-electron chi connectivity index (χ4n) is 2.07. The lowest BCUT2D eigenvalue weighted by atomic mass is 10.1. The Kier molecular flexibility index (Phi) is 5.47. The Morgan fingerprint density at radius 2 is 2.33 bits per heavy atom. The first-order valence-electron chi connectivity index (χ1n) is 5.66. The van der Waals surface area contributed by atoms with Crippen molar-refractivity contribution in [2.75, 3.05) is 18.1 Å². The largest absolute Gasteiger partial charge is 0.481 e. The second-order valence-electron chi connectivity index (χ2n) is 4.35.